The van der Waals surface area contributed by atoms with E-state index in [1.165, 1.54) is 7.11 Å². The van der Waals surface area contributed by atoms with Gasteiger partial charge in [-0.3, -0.25) is 4.79 Å². The van der Waals surface area contributed by atoms with Crippen LogP contribution in [0.3, 0.4) is 0 Å². The van der Waals surface area contributed by atoms with Crippen LogP contribution in [0.1, 0.15) is 74.7 Å². The van der Waals surface area contributed by atoms with Crippen molar-refractivity contribution in [1.29, 1.82) is 0 Å². The van der Waals surface area contributed by atoms with Crippen molar-refractivity contribution >= 4 is 5.97 Å². The van der Waals surface area contributed by atoms with E-state index in [2.05, 4.69) is 22.7 Å². The van der Waals surface area contributed by atoms with Gasteiger partial charge in [0, 0.05) is 30.1 Å². The van der Waals surface area contributed by atoms with Crippen LogP contribution < -0.4 is 0 Å². The van der Waals surface area contributed by atoms with Crippen LogP contribution in [0.2, 0.25) is 0 Å². The van der Waals surface area contributed by atoms with E-state index >= 15 is 0 Å². The second-order valence-corrected chi connectivity index (χ2v) is 7.26. The van der Waals surface area contributed by atoms with Gasteiger partial charge >= 0.3 is 5.97 Å². The molecule has 0 saturated carbocycles. The summed E-state index contributed by atoms with van der Waals surface area (Å²) >= 11 is 0. The molecule has 0 saturated heterocycles. The smallest absolute Gasteiger partial charge is 0.305 e. The fourth-order valence-corrected chi connectivity index (χ4v) is 3.59. The number of hydrogen-bond acceptors (Lipinski definition) is 4. The van der Waals surface area contributed by atoms with E-state index in [0.29, 0.717) is 12.8 Å². The van der Waals surface area contributed by atoms with Gasteiger partial charge in [-0.25, -0.2) is 0 Å². The quantitative estimate of drug-likeness (QED) is 0.320. The molecule has 0 fully saturated rings. The number of rotatable bonds is 11. The maximum absolute atomic E-state index is 11.1. The topological polar surface area (TPSA) is 82.5 Å². The fraction of sp³-hybridized carbons (Fsp3) is 0.667. The number of hydrogen-bond donors (Lipinski definition) is 3. The minimum atomic E-state index is -0.436. The van der Waals surface area contributed by atoms with E-state index < -0.39 is 12.2 Å². The summed E-state index contributed by atoms with van der Waals surface area (Å²) in [5.41, 5.74) is 3.38. The third kappa shape index (κ3) is 5.99. The zero-order valence-electron chi connectivity index (χ0n) is 16.0. The zero-order chi connectivity index (χ0) is 18.9. The molecular formula is C21H33NO4. The summed E-state index contributed by atoms with van der Waals surface area (Å²) < 4.78 is 4.65. The number of ether oxygens (including phenoxy) is 1. The molecule has 0 aromatic carbocycles. The van der Waals surface area contributed by atoms with E-state index in [1.807, 2.05) is 12.2 Å². The highest BCUT2D eigenvalue weighted by atomic mass is 16.5. The Morgan fingerprint density at radius 2 is 2.19 bits per heavy atom. The molecule has 1 aliphatic carbocycles. The molecule has 5 nitrogen and oxygen atoms in total. The number of aromatic amines is 1. The van der Waals surface area contributed by atoms with Gasteiger partial charge in [-0.15, -0.1) is 0 Å². The lowest BCUT2D eigenvalue weighted by Gasteiger charge is -2.12. The molecule has 0 amide bonds. The first-order valence-electron chi connectivity index (χ1n) is 9.87. The zero-order valence-corrected chi connectivity index (χ0v) is 16.0. The molecule has 5 heteroatoms. The number of methoxy groups -OCH3 is 1. The average Bonchev–Trinajstić information content (AvgIpc) is 3.13. The normalized spacial score (nSPS) is 20.5. The largest absolute Gasteiger partial charge is 0.469 e. The van der Waals surface area contributed by atoms with E-state index in [4.69, 9.17) is 0 Å². The number of aryl methyl sites for hydroxylation is 1. The Morgan fingerprint density at radius 3 is 2.92 bits per heavy atom. The minimum Gasteiger partial charge on any atom is -0.469 e. The predicted molar refractivity (Wildman–Crippen MR) is 102 cm³/mol. The molecule has 0 aliphatic heterocycles. The van der Waals surface area contributed by atoms with E-state index in [-0.39, 0.29) is 11.9 Å². The van der Waals surface area contributed by atoms with Crippen molar-refractivity contribution in [1.82, 2.24) is 4.98 Å². The third-order valence-electron chi connectivity index (χ3n) is 5.13. The van der Waals surface area contributed by atoms with Gasteiger partial charge in [-0.2, -0.15) is 0 Å². The van der Waals surface area contributed by atoms with Gasteiger partial charge in [0.1, 0.15) is 0 Å². The SMILES string of the molecule is CCCCC[C@H](O)/C=C/[C@@H]1c2cc(CCCCC(=O)OC)[nH]c2C[C@H]1O. The van der Waals surface area contributed by atoms with Gasteiger partial charge in [0.25, 0.3) is 0 Å². The average molecular weight is 363 g/mol. The Kier molecular flexibility index (Phi) is 8.39. The van der Waals surface area contributed by atoms with Crippen LogP contribution in [0.5, 0.6) is 0 Å². The van der Waals surface area contributed by atoms with Crippen molar-refractivity contribution < 1.29 is 19.7 Å². The molecule has 26 heavy (non-hydrogen) atoms. The monoisotopic (exact) mass is 363 g/mol. The minimum absolute atomic E-state index is 0.0501. The molecule has 2 rings (SSSR count). The maximum Gasteiger partial charge on any atom is 0.305 e. The van der Waals surface area contributed by atoms with Crippen molar-refractivity contribution in [2.75, 3.05) is 7.11 Å². The first-order chi connectivity index (χ1) is 12.5. The lowest BCUT2D eigenvalue weighted by Crippen LogP contribution is -2.13. The van der Waals surface area contributed by atoms with Crippen molar-refractivity contribution in [3.63, 3.8) is 0 Å². The van der Waals surface area contributed by atoms with Crippen molar-refractivity contribution in [3.05, 3.63) is 35.2 Å². The first kappa shape index (κ1) is 20.7. The summed E-state index contributed by atoms with van der Waals surface area (Å²) in [6, 6.07) is 2.13. The number of H-pyrrole nitrogens is 1. The molecule has 1 aromatic rings. The van der Waals surface area contributed by atoms with Gasteiger partial charge in [-0.05, 0) is 37.3 Å². The van der Waals surface area contributed by atoms with Gasteiger partial charge in [0.15, 0.2) is 0 Å². The molecule has 0 radical (unpaired) electrons. The second kappa shape index (κ2) is 10.5. The number of aliphatic hydroxyl groups is 2. The Hall–Kier alpha value is -1.59. The number of nitrogens with one attached hydrogen (secondary N) is 1. The highest BCUT2D eigenvalue weighted by Crippen LogP contribution is 2.35. The summed E-state index contributed by atoms with van der Waals surface area (Å²) in [6.07, 6.45) is 10.7. The van der Waals surface area contributed by atoms with Crippen LogP contribution in [0.4, 0.5) is 0 Å². The predicted octanol–water partition coefficient (Wildman–Crippen LogP) is 3.40. The number of unbranched alkanes of at least 4 members (excludes halogenated alkanes) is 3. The van der Waals surface area contributed by atoms with Crippen LogP contribution in [0, 0.1) is 0 Å². The molecule has 0 unspecified atom stereocenters. The van der Waals surface area contributed by atoms with Crippen LogP contribution >= 0.6 is 0 Å². The second-order valence-electron chi connectivity index (χ2n) is 7.26. The lowest BCUT2D eigenvalue weighted by molar-refractivity contribution is -0.140. The van der Waals surface area contributed by atoms with Crippen LogP contribution in [-0.4, -0.2) is 40.5 Å². The van der Waals surface area contributed by atoms with E-state index in [9.17, 15) is 15.0 Å². The molecule has 1 aromatic heterocycles. The Labute approximate surface area is 156 Å². The lowest BCUT2D eigenvalue weighted by atomic mass is 9.98. The number of aromatic nitrogens is 1. The Balaban J connectivity index is 1.86. The summed E-state index contributed by atoms with van der Waals surface area (Å²) in [5.74, 6) is -0.212. The van der Waals surface area contributed by atoms with E-state index in [1.54, 1.807) is 0 Å². The first-order valence-corrected chi connectivity index (χ1v) is 9.87. The molecule has 1 aliphatic rings. The molecule has 3 N–H and O–H groups in total. The fourth-order valence-electron chi connectivity index (χ4n) is 3.59. The molecule has 1 heterocycles. The van der Waals surface area contributed by atoms with Gasteiger partial charge in [-0.1, -0.05) is 38.3 Å². The van der Waals surface area contributed by atoms with Crippen LogP contribution in [0.25, 0.3) is 0 Å². The molecule has 0 bridgehead atoms. The number of carbonyl (C=O) groups excluding carboxylic acids is 1. The third-order valence-corrected chi connectivity index (χ3v) is 5.13. The van der Waals surface area contributed by atoms with Gasteiger partial charge in [0.05, 0.1) is 19.3 Å². The number of esters is 1. The Bertz CT molecular complexity index is 593. The number of fused-ring (bicyclic) bond motifs is 1. The maximum atomic E-state index is 11.1. The standard InChI is InChI=1S/C21H33NO4/c1-3-4-5-9-16(23)11-12-17-18-13-15(22-19(18)14-20(17)24)8-6-7-10-21(25)26-2/h11-13,16-17,20,22-24H,3-10,14H2,1-2H3/b12-11+/t16-,17+,20+/m0/s1. The summed E-state index contributed by atoms with van der Waals surface area (Å²) in [4.78, 5) is 14.6. The highest BCUT2D eigenvalue weighted by Gasteiger charge is 2.31. The summed E-state index contributed by atoms with van der Waals surface area (Å²) in [6.45, 7) is 2.15. The molecule has 146 valence electrons. The van der Waals surface area contributed by atoms with Crippen molar-refractivity contribution in [3.8, 4) is 0 Å². The van der Waals surface area contributed by atoms with Crippen molar-refractivity contribution in [2.45, 2.75) is 82.8 Å². The van der Waals surface area contributed by atoms with Crippen LogP contribution in [0.15, 0.2) is 18.2 Å². The molecular weight excluding hydrogens is 330 g/mol. The van der Waals surface area contributed by atoms with Gasteiger partial charge < -0.3 is 19.9 Å². The summed E-state index contributed by atoms with van der Waals surface area (Å²) in [7, 11) is 1.41. The number of aliphatic hydroxyl groups excluding tert-OH is 2. The molecule has 3 atom stereocenters. The van der Waals surface area contributed by atoms with E-state index in [0.717, 1.165) is 61.9 Å². The molecule has 0 spiro atoms. The van der Waals surface area contributed by atoms with Crippen molar-refractivity contribution in [2.24, 2.45) is 0 Å². The highest BCUT2D eigenvalue weighted by molar-refractivity contribution is 5.68. The van der Waals surface area contributed by atoms with Gasteiger partial charge in [0.2, 0.25) is 0 Å². The summed E-state index contributed by atoms with van der Waals surface area (Å²) in [5, 5.41) is 20.4. The van der Waals surface area contributed by atoms with Crippen LogP contribution in [-0.2, 0) is 22.4 Å². The number of carbonyl (C=O) groups is 1. The Morgan fingerprint density at radius 1 is 1.38 bits per heavy atom.